The summed E-state index contributed by atoms with van der Waals surface area (Å²) in [7, 11) is 0. The predicted molar refractivity (Wildman–Crippen MR) is 161 cm³/mol. The number of hydrazine groups is 1. The van der Waals surface area contributed by atoms with Gasteiger partial charge in [-0.2, -0.15) is 5.10 Å². The first-order chi connectivity index (χ1) is 18.8. The molecule has 3 aromatic rings. The summed E-state index contributed by atoms with van der Waals surface area (Å²) < 4.78 is 37.8. The standard InChI is InChI=1S/C13H12FIN2O2.C7H10O4.C6H6FIN2/c1-3-19-13(18)12-6-8(2)16-17(12)11-5-4-9(14)7-10(11)15;1-3-11-7(10)6(9)4-5(2)8;7-4-1-2-6(10-9)5(8)3-4/h4-7H,3H2,1-2H3;3-4H2,1-2H3;1-3,10H,9H2. The number of ketones is 2. The van der Waals surface area contributed by atoms with E-state index in [4.69, 9.17) is 10.6 Å². The number of esters is 2. The van der Waals surface area contributed by atoms with Gasteiger partial charge >= 0.3 is 11.9 Å². The van der Waals surface area contributed by atoms with E-state index in [1.54, 1.807) is 39.0 Å². The molecule has 14 heteroatoms. The Morgan fingerprint density at radius 1 is 0.950 bits per heavy atom. The third-order valence-corrected chi connectivity index (χ3v) is 6.21. The second-order valence-electron chi connectivity index (χ2n) is 7.69. The highest BCUT2D eigenvalue weighted by atomic mass is 127. The molecule has 0 aliphatic carbocycles. The second-order valence-corrected chi connectivity index (χ2v) is 10.0. The van der Waals surface area contributed by atoms with Crippen LogP contribution in [0.25, 0.3) is 5.69 Å². The number of nitrogen functional groups attached to an aromatic ring is 1. The monoisotopic (exact) mass is 784 g/mol. The molecule has 3 N–H and O–H groups in total. The summed E-state index contributed by atoms with van der Waals surface area (Å²) in [6.45, 7) is 6.82. The van der Waals surface area contributed by atoms with Crippen LogP contribution in [0.4, 0.5) is 14.5 Å². The Bertz CT molecular complexity index is 1350. The van der Waals surface area contributed by atoms with E-state index in [2.05, 4.69) is 15.3 Å². The van der Waals surface area contributed by atoms with E-state index in [1.807, 2.05) is 45.2 Å². The van der Waals surface area contributed by atoms with Crippen molar-refractivity contribution in [2.24, 2.45) is 5.84 Å². The molecule has 0 aliphatic heterocycles. The number of nitrogens with zero attached hydrogens (tertiary/aromatic N) is 2. The summed E-state index contributed by atoms with van der Waals surface area (Å²) in [6.07, 6.45) is -0.362. The molecule has 0 radical (unpaired) electrons. The summed E-state index contributed by atoms with van der Waals surface area (Å²) in [6, 6.07) is 10.3. The van der Waals surface area contributed by atoms with Gasteiger partial charge in [0.2, 0.25) is 5.78 Å². The SMILES string of the molecule is CCOC(=O)C(=O)CC(C)=O.CCOC(=O)c1cc(C)nn1-c1ccc(F)cc1I.NNc1ccc(F)cc1I. The molecule has 0 fully saturated rings. The van der Waals surface area contributed by atoms with E-state index in [9.17, 15) is 28.0 Å². The van der Waals surface area contributed by atoms with Gasteiger partial charge in [0.1, 0.15) is 17.4 Å². The highest BCUT2D eigenvalue weighted by Gasteiger charge is 2.18. The van der Waals surface area contributed by atoms with Gasteiger partial charge < -0.3 is 14.9 Å². The van der Waals surface area contributed by atoms with Crippen LogP contribution < -0.4 is 11.3 Å². The summed E-state index contributed by atoms with van der Waals surface area (Å²) in [5.41, 5.74) is 4.87. The lowest BCUT2D eigenvalue weighted by molar-refractivity contribution is -0.154. The molecule has 0 bridgehead atoms. The van der Waals surface area contributed by atoms with Crippen LogP contribution in [0.15, 0.2) is 42.5 Å². The van der Waals surface area contributed by atoms with Crippen molar-refractivity contribution in [3.8, 4) is 5.69 Å². The van der Waals surface area contributed by atoms with Crippen molar-refractivity contribution in [2.75, 3.05) is 18.6 Å². The van der Waals surface area contributed by atoms with Crippen molar-refractivity contribution in [1.82, 2.24) is 9.78 Å². The fourth-order valence-electron chi connectivity index (χ4n) is 2.80. The van der Waals surface area contributed by atoms with Gasteiger partial charge in [0.25, 0.3) is 0 Å². The molecule has 0 saturated heterocycles. The van der Waals surface area contributed by atoms with Gasteiger partial charge in [0.05, 0.1) is 36.7 Å². The number of aryl methyl sites for hydroxylation is 1. The van der Waals surface area contributed by atoms with Crippen LogP contribution in [-0.4, -0.2) is 46.5 Å². The van der Waals surface area contributed by atoms with Crippen molar-refractivity contribution in [1.29, 1.82) is 0 Å². The van der Waals surface area contributed by atoms with Crippen LogP contribution in [0, 0.1) is 25.7 Å². The maximum Gasteiger partial charge on any atom is 0.375 e. The lowest BCUT2D eigenvalue weighted by Crippen LogP contribution is -2.19. The number of ether oxygens (including phenoxy) is 2. The maximum absolute atomic E-state index is 13.1. The average Bonchev–Trinajstić information content (AvgIpc) is 3.26. The third-order valence-electron chi connectivity index (χ3n) is 4.45. The molecule has 1 heterocycles. The topological polar surface area (TPSA) is 143 Å². The number of rotatable bonds is 8. The Kier molecular flexibility index (Phi) is 15.5. The fraction of sp³-hybridized carbons (Fsp3) is 0.269. The molecule has 0 amide bonds. The van der Waals surface area contributed by atoms with Crippen LogP contribution >= 0.6 is 45.2 Å². The molecular weight excluding hydrogens is 756 g/mol. The zero-order chi connectivity index (χ0) is 30.4. The Labute approximate surface area is 257 Å². The van der Waals surface area contributed by atoms with Crippen molar-refractivity contribution >= 4 is 74.4 Å². The number of halogens is 4. The van der Waals surface area contributed by atoms with Crippen LogP contribution in [0.5, 0.6) is 0 Å². The van der Waals surface area contributed by atoms with E-state index < -0.39 is 17.7 Å². The summed E-state index contributed by atoms with van der Waals surface area (Å²) in [5, 5.41) is 4.26. The summed E-state index contributed by atoms with van der Waals surface area (Å²) in [5.74, 6) is 2.07. The molecule has 2 aromatic carbocycles. The first kappa shape index (κ1) is 35.0. The van der Waals surface area contributed by atoms with Gasteiger partial charge in [-0.05, 0) is 115 Å². The molecule has 0 saturated carbocycles. The molecule has 0 aliphatic rings. The number of hydrogen-bond donors (Lipinski definition) is 2. The molecule has 10 nitrogen and oxygen atoms in total. The predicted octanol–water partition coefficient (Wildman–Crippen LogP) is 4.91. The Morgan fingerprint density at radius 3 is 2.02 bits per heavy atom. The van der Waals surface area contributed by atoms with Crippen LogP contribution in [-0.2, 0) is 23.9 Å². The molecule has 40 heavy (non-hydrogen) atoms. The molecule has 0 unspecified atom stereocenters. The lowest BCUT2D eigenvalue weighted by Gasteiger charge is -2.08. The zero-order valence-corrected chi connectivity index (χ0v) is 26.4. The van der Waals surface area contributed by atoms with Crippen molar-refractivity contribution in [3.05, 3.63) is 72.6 Å². The number of carbonyl (C=O) groups is 4. The molecule has 216 valence electrons. The average molecular weight is 784 g/mol. The van der Waals surface area contributed by atoms with E-state index >= 15 is 0 Å². The smallest absolute Gasteiger partial charge is 0.375 e. The van der Waals surface area contributed by atoms with Crippen molar-refractivity contribution in [2.45, 2.75) is 34.1 Å². The van der Waals surface area contributed by atoms with Crippen LogP contribution in [0.2, 0.25) is 0 Å². The minimum absolute atomic E-state index is 0.155. The fourth-order valence-corrected chi connectivity index (χ4v) is 4.14. The Hall–Kier alpha value is -2.99. The molecule has 3 rings (SSSR count). The van der Waals surface area contributed by atoms with Crippen molar-refractivity contribution < 1.29 is 37.4 Å². The molecular formula is C26H28F2I2N4O6. The van der Waals surface area contributed by atoms with Crippen LogP contribution in [0.3, 0.4) is 0 Å². The molecule has 0 atom stereocenters. The summed E-state index contributed by atoms with van der Waals surface area (Å²) >= 11 is 4.01. The highest BCUT2D eigenvalue weighted by molar-refractivity contribution is 14.1. The second kappa shape index (κ2) is 17.6. The van der Waals surface area contributed by atoms with Crippen molar-refractivity contribution in [3.63, 3.8) is 0 Å². The third kappa shape index (κ3) is 11.6. The van der Waals surface area contributed by atoms with Crippen LogP contribution in [0.1, 0.15) is 43.4 Å². The molecule has 0 spiro atoms. The number of Topliss-reactive ketones (excluding diaryl/α,β-unsaturated/α-hetero) is 2. The number of benzene rings is 2. The van der Waals surface area contributed by atoms with Gasteiger partial charge in [0.15, 0.2) is 5.69 Å². The number of nitrogens with one attached hydrogen (secondary N) is 1. The molecule has 1 aromatic heterocycles. The quantitative estimate of drug-likeness (QED) is 0.0814. The number of nitrogens with two attached hydrogens (primary N) is 1. The Morgan fingerprint density at radius 2 is 1.52 bits per heavy atom. The van der Waals surface area contributed by atoms with E-state index in [-0.39, 0.29) is 30.4 Å². The lowest BCUT2D eigenvalue weighted by atomic mass is 10.2. The minimum atomic E-state index is -0.928. The van der Waals surface area contributed by atoms with E-state index in [0.29, 0.717) is 27.3 Å². The highest BCUT2D eigenvalue weighted by Crippen LogP contribution is 2.21. The number of aromatic nitrogens is 2. The first-order valence-corrected chi connectivity index (χ1v) is 13.8. The largest absolute Gasteiger partial charge is 0.461 e. The number of carbonyl (C=O) groups excluding carboxylic acids is 4. The normalized spacial score (nSPS) is 9.82. The summed E-state index contributed by atoms with van der Waals surface area (Å²) in [4.78, 5) is 43.4. The van der Waals surface area contributed by atoms with Gasteiger partial charge in [-0.15, -0.1) is 0 Å². The zero-order valence-electron chi connectivity index (χ0n) is 22.1. The van der Waals surface area contributed by atoms with E-state index in [1.165, 1.54) is 35.9 Å². The van der Waals surface area contributed by atoms with E-state index in [0.717, 1.165) is 9.26 Å². The number of hydrogen-bond acceptors (Lipinski definition) is 9. The maximum atomic E-state index is 13.1. The number of anilines is 1. The Balaban J connectivity index is 0.000000326. The first-order valence-electron chi connectivity index (χ1n) is 11.6. The van der Waals surface area contributed by atoms with Gasteiger partial charge in [0, 0.05) is 7.14 Å². The van der Waals surface area contributed by atoms with Gasteiger partial charge in [-0.25, -0.2) is 23.1 Å². The minimum Gasteiger partial charge on any atom is -0.461 e. The van der Waals surface area contributed by atoms with Gasteiger partial charge in [-0.1, -0.05) is 0 Å². The van der Waals surface area contributed by atoms with Gasteiger partial charge in [-0.3, -0.25) is 15.4 Å².